The number of hydrogen-bond donors (Lipinski definition) is 2. The number of para-hydroxylation sites is 1. The van der Waals surface area contributed by atoms with E-state index in [2.05, 4.69) is 5.32 Å². The Balaban J connectivity index is 2.16. The number of furan rings is 1. The van der Waals surface area contributed by atoms with Crippen LogP contribution in [0.15, 0.2) is 28.7 Å². The summed E-state index contributed by atoms with van der Waals surface area (Å²) in [6.45, 7) is 7.42. The fourth-order valence-corrected chi connectivity index (χ4v) is 3.15. The van der Waals surface area contributed by atoms with E-state index in [1.54, 1.807) is 13.8 Å². The van der Waals surface area contributed by atoms with Crippen LogP contribution in [0.3, 0.4) is 0 Å². The van der Waals surface area contributed by atoms with Crippen LogP contribution in [0.4, 0.5) is 0 Å². The first kappa shape index (κ1) is 18.0. The molecule has 1 aromatic carbocycles. The van der Waals surface area contributed by atoms with Gasteiger partial charge >= 0.3 is 5.97 Å². The van der Waals surface area contributed by atoms with Gasteiger partial charge in [-0.3, -0.25) is 9.59 Å². The number of hydrogen-bond acceptors (Lipinski definition) is 3. The van der Waals surface area contributed by atoms with Crippen molar-refractivity contribution in [1.82, 2.24) is 5.32 Å². The Kier molecular flexibility index (Phi) is 5.32. The monoisotopic (exact) mass is 331 g/mol. The molecule has 0 aliphatic rings. The van der Waals surface area contributed by atoms with Crippen molar-refractivity contribution in [1.29, 1.82) is 0 Å². The molecule has 1 aromatic heterocycles. The Labute approximate surface area is 142 Å². The van der Waals surface area contributed by atoms with Gasteiger partial charge in [0.15, 0.2) is 0 Å². The second kappa shape index (κ2) is 7.07. The molecule has 0 fully saturated rings. The zero-order chi connectivity index (χ0) is 17.9. The summed E-state index contributed by atoms with van der Waals surface area (Å²) in [6, 6.07) is 7.41. The molecule has 5 nitrogen and oxygen atoms in total. The van der Waals surface area contributed by atoms with Crippen molar-refractivity contribution in [3.8, 4) is 0 Å². The Hall–Kier alpha value is -2.30. The van der Waals surface area contributed by atoms with Gasteiger partial charge in [-0.25, -0.2) is 0 Å². The van der Waals surface area contributed by atoms with Gasteiger partial charge in [-0.1, -0.05) is 32.0 Å². The summed E-state index contributed by atoms with van der Waals surface area (Å²) in [4.78, 5) is 23.9. The van der Waals surface area contributed by atoms with Crippen molar-refractivity contribution in [2.75, 3.05) is 0 Å². The van der Waals surface area contributed by atoms with E-state index in [0.717, 1.165) is 16.5 Å². The second-order valence-electron chi connectivity index (χ2n) is 6.35. The van der Waals surface area contributed by atoms with Gasteiger partial charge in [0.1, 0.15) is 11.3 Å². The van der Waals surface area contributed by atoms with Gasteiger partial charge in [-0.05, 0) is 32.8 Å². The van der Waals surface area contributed by atoms with Gasteiger partial charge in [0.05, 0.1) is 11.5 Å². The van der Waals surface area contributed by atoms with E-state index in [4.69, 9.17) is 4.42 Å². The minimum atomic E-state index is -1.01. The number of aryl methyl sites for hydroxylation is 1. The number of aliphatic carboxylic acids is 1. The number of amides is 1. The average Bonchev–Trinajstić information content (AvgIpc) is 2.90. The fourth-order valence-electron chi connectivity index (χ4n) is 3.15. The van der Waals surface area contributed by atoms with Gasteiger partial charge in [-0.15, -0.1) is 0 Å². The molecule has 0 spiro atoms. The summed E-state index contributed by atoms with van der Waals surface area (Å²) in [5.41, 5.74) is 0.772. The molecule has 0 radical (unpaired) electrons. The fraction of sp³-hybridized carbons (Fsp3) is 0.474. The number of carboxylic acid groups (broad SMARTS) is 1. The smallest absolute Gasteiger partial charge is 0.310 e. The molecule has 5 heteroatoms. The number of benzene rings is 1. The number of rotatable bonds is 7. The minimum absolute atomic E-state index is 0.0288. The number of nitrogens with one attached hydrogen (secondary N) is 1. The molecule has 0 bridgehead atoms. The molecule has 1 atom stereocenters. The lowest BCUT2D eigenvalue weighted by Gasteiger charge is -2.26. The SMILES string of the molecule is CCC(CC)(CC(=O)N[C@H](C)c1oc2ccccc2c1C)C(=O)O. The molecule has 130 valence electrons. The largest absolute Gasteiger partial charge is 0.481 e. The molecule has 2 aromatic rings. The molecule has 1 heterocycles. The zero-order valence-electron chi connectivity index (χ0n) is 14.7. The van der Waals surface area contributed by atoms with Gasteiger partial charge in [-0.2, -0.15) is 0 Å². The van der Waals surface area contributed by atoms with Crippen LogP contribution in [0.2, 0.25) is 0 Å². The highest BCUT2D eigenvalue weighted by Gasteiger charge is 2.37. The normalized spacial score (nSPS) is 13.0. The summed E-state index contributed by atoms with van der Waals surface area (Å²) in [5.74, 6) is -0.484. The van der Waals surface area contributed by atoms with E-state index < -0.39 is 11.4 Å². The third-order valence-electron chi connectivity index (χ3n) is 4.96. The third kappa shape index (κ3) is 3.30. The lowest BCUT2D eigenvalue weighted by Crippen LogP contribution is -2.37. The lowest BCUT2D eigenvalue weighted by atomic mass is 9.79. The third-order valence-corrected chi connectivity index (χ3v) is 4.96. The second-order valence-corrected chi connectivity index (χ2v) is 6.35. The van der Waals surface area contributed by atoms with Crippen LogP contribution < -0.4 is 5.32 Å². The standard InChI is InChI=1S/C19H25NO4/c1-5-19(6-2,18(22)23)11-16(21)20-13(4)17-12(3)14-9-7-8-10-15(14)24-17/h7-10,13H,5-6,11H2,1-4H3,(H,20,21)(H,22,23)/t13-/m1/s1. The first-order valence-corrected chi connectivity index (χ1v) is 8.35. The van der Waals surface area contributed by atoms with Crippen LogP contribution >= 0.6 is 0 Å². The van der Waals surface area contributed by atoms with Gasteiger partial charge in [0.2, 0.25) is 5.91 Å². The van der Waals surface area contributed by atoms with E-state index in [1.165, 1.54) is 0 Å². The summed E-state index contributed by atoms with van der Waals surface area (Å²) >= 11 is 0. The van der Waals surface area contributed by atoms with Gasteiger partial charge in [0.25, 0.3) is 0 Å². The van der Waals surface area contributed by atoms with Crippen LogP contribution in [-0.4, -0.2) is 17.0 Å². The number of carboxylic acids is 1. The summed E-state index contributed by atoms with van der Waals surface area (Å²) < 4.78 is 5.86. The van der Waals surface area contributed by atoms with Crippen molar-refractivity contribution < 1.29 is 19.1 Å². The van der Waals surface area contributed by atoms with Gasteiger partial charge < -0.3 is 14.8 Å². The first-order valence-electron chi connectivity index (χ1n) is 8.35. The molecule has 0 aliphatic carbocycles. The molecule has 2 N–H and O–H groups in total. The van der Waals surface area contributed by atoms with E-state index in [-0.39, 0.29) is 18.4 Å². The first-order chi connectivity index (χ1) is 11.3. The topological polar surface area (TPSA) is 79.5 Å². The maximum absolute atomic E-state index is 12.4. The highest BCUT2D eigenvalue weighted by Crippen LogP contribution is 2.32. The average molecular weight is 331 g/mol. The molecule has 24 heavy (non-hydrogen) atoms. The van der Waals surface area contributed by atoms with Crippen molar-refractivity contribution in [2.24, 2.45) is 5.41 Å². The van der Waals surface area contributed by atoms with Crippen molar-refractivity contribution in [2.45, 2.75) is 53.0 Å². The summed E-state index contributed by atoms with van der Waals surface area (Å²) in [7, 11) is 0. The lowest BCUT2D eigenvalue weighted by molar-refractivity contribution is -0.152. The van der Waals surface area contributed by atoms with Crippen LogP contribution in [0.1, 0.15) is 57.4 Å². The van der Waals surface area contributed by atoms with Crippen LogP contribution in [0, 0.1) is 12.3 Å². The highest BCUT2D eigenvalue weighted by atomic mass is 16.4. The van der Waals surface area contributed by atoms with E-state index in [0.29, 0.717) is 18.6 Å². The zero-order valence-corrected chi connectivity index (χ0v) is 14.7. The molecular weight excluding hydrogens is 306 g/mol. The Morgan fingerprint density at radius 3 is 2.42 bits per heavy atom. The predicted molar refractivity (Wildman–Crippen MR) is 92.8 cm³/mol. The quantitative estimate of drug-likeness (QED) is 0.797. The molecule has 2 rings (SSSR count). The Morgan fingerprint density at radius 2 is 1.88 bits per heavy atom. The van der Waals surface area contributed by atoms with E-state index >= 15 is 0 Å². The van der Waals surface area contributed by atoms with Crippen molar-refractivity contribution >= 4 is 22.8 Å². The number of carbonyl (C=O) groups excluding carboxylic acids is 1. The Bertz CT molecular complexity index is 743. The molecule has 0 unspecified atom stereocenters. The van der Waals surface area contributed by atoms with E-state index in [9.17, 15) is 14.7 Å². The van der Waals surface area contributed by atoms with Crippen molar-refractivity contribution in [3.63, 3.8) is 0 Å². The van der Waals surface area contributed by atoms with E-state index in [1.807, 2.05) is 38.1 Å². The van der Waals surface area contributed by atoms with Crippen LogP contribution in [0.25, 0.3) is 11.0 Å². The Morgan fingerprint density at radius 1 is 1.25 bits per heavy atom. The molecular formula is C19H25NO4. The van der Waals surface area contributed by atoms with Crippen LogP contribution in [-0.2, 0) is 9.59 Å². The summed E-state index contributed by atoms with van der Waals surface area (Å²) in [5, 5.41) is 13.4. The van der Waals surface area contributed by atoms with Crippen molar-refractivity contribution in [3.05, 3.63) is 35.6 Å². The maximum atomic E-state index is 12.4. The number of fused-ring (bicyclic) bond motifs is 1. The van der Waals surface area contributed by atoms with Gasteiger partial charge in [0, 0.05) is 17.4 Å². The summed E-state index contributed by atoms with van der Waals surface area (Å²) in [6.07, 6.45) is 0.813. The molecule has 1 amide bonds. The molecule has 0 saturated carbocycles. The number of carbonyl (C=O) groups is 2. The predicted octanol–water partition coefficient (Wildman–Crippen LogP) is 4.20. The molecule has 0 aliphatic heterocycles. The minimum Gasteiger partial charge on any atom is -0.481 e. The maximum Gasteiger partial charge on any atom is 0.310 e. The highest BCUT2D eigenvalue weighted by molar-refractivity contribution is 5.86. The van der Waals surface area contributed by atoms with Crippen LogP contribution in [0.5, 0.6) is 0 Å². The molecule has 0 saturated heterocycles.